The Balaban J connectivity index is 1.91. The highest BCUT2D eigenvalue weighted by atomic mass is 32.2. The molecule has 0 radical (unpaired) electrons. The predicted molar refractivity (Wildman–Crippen MR) is 127 cm³/mol. The van der Waals surface area contributed by atoms with E-state index in [-0.39, 0.29) is 11.4 Å². The van der Waals surface area contributed by atoms with E-state index in [1.807, 2.05) is 25.3 Å². The highest BCUT2D eigenvalue weighted by molar-refractivity contribution is 7.99. The van der Waals surface area contributed by atoms with Crippen LogP contribution in [0.5, 0.6) is 5.75 Å². The minimum absolute atomic E-state index is 0.266. The number of pyridine rings is 1. The van der Waals surface area contributed by atoms with E-state index in [0.29, 0.717) is 38.4 Å². The van der Waals surface area contributed by atoms with E-state index < -0.39 is 0 Å². The van der Waals surface area contributed by atoms with Crippen molar-refractivity contribution < 1.29 is 9.13 Å². The van der Waals surface area contributed by atoms with E-state index in [4.69, 9.17) is 4.74 Å². The summed E-state index contributed by atoms with van der Waals surface area (Å²) in [6.07, 6.45) is 5.31. The average Bonchev–Trinajstić information content (AvgIpc) is 3.42. The van der Waals surface area contributed by atoms with Crippen molar-refractivity contribution in [1.29, 1.82) is 5.26 Å². The van der Waals surface area contributed by atoms with Crippen LogP contribution in [-0.4, -0.2) is 38.3 Å². The van der Waals surface area contributed by atoms with E-state index in [1.54, 1.807) is 30.2 Å². The minimum Gasteiger partial charge on any atom is -0.492 e. The first-order valence-electron chi connectivity index (χ1n) is 9.75. The second-order valence-electron chi connectivity index (χ2n) is 7.02. The lowest BCUT2D eigenvalue weighted by molar-refractivity contribution is 0.416. The number of rotatable bonds is 7. The number of hydrogen-bond acceptors (Lipinski definition) is 8. The van der Waals surface area contributed by atoms with Gasteiger partial charge in [-0.2, -0.15) is 15.5 Å². The van der Waals surface area contributed by atoms with Crippen molar-refractivity contribution in [1.82, 2.24) is 25.0 Å². The Hall–Kier alpha value is -3.49. The number of halogens is 1. The molecule has 4 aromatic rings. The number of aromatic nitrogens is 5. The summed E-state index contributed by atoms with van der Waals surface area (Å²) in [4.78, 5) is 5.82. The molecule has 0 amide bonds. The van der Waals surface area contributed by atoms with Crippen LogP contribution in [0.3, 0.4) is 0 Å². The number of benzene rings is 1. The smallest absolute Gasteiger partial charge is 0.176 e. The molecule has 0 atom stereocenters. The van der Waals surface area contributed by atoms with E-state index >= 15 is 0 Å². The van der Waals surface area contributed by atoms with Crippen LogP contribution in [0, 0.1) is 24.1 Å². The molecule has 0 saturated carbocycles. The largest absolute Gasteiger partial charge is 0.492 e. The second-order valence-corrected chi connectivity index (χ2v) is 8.93. The Labute approximate surface area is 198 Å². The molecule has 0 fully saturated rings. The third-order valence-corrected chi connectivity index (χ3v) is 6.49. The fourth-order valence-corrected chi connectivity index (χ4v) is 4.55. The van der Waals surface area contributed by atoms with Gasteiger partial charge in [-0.15, -0.1) is 11.8 Å². The van der Waals surface area contributed by atoms with Gasteiger partial charge in [0, 0.05) is 40.4 Å². The highest BCUT2D eigenvalue weighted by Crippen LogP contribution is 2.44. The molecule has 0 unspecified atom stereocenters. The minimum atomic E-state index is -0.381. The predicted octanol–water partition coefficient (Wildman–Crippen LogP) is 5.15. The molecule has 168 valence electrons. The zero-order chi connectivity index (χ0) is 23.5. The molecule has 8 nitrogen and oxygen atoms in total. The van der Waals surface area contributed by atoms with E-state index in [2.05, 4.69) is 31.7 Å². The number of hydrogen-bond donors (Lipinski definition) is 2. The lowest BCUT2D eigenvalue weighted by atomic mass is 10.0. The van der Waals surface area contributed by atoms with Crippen molar-refractivity contribution in [3.63, 3.8) is 0 Å². The lowest BCUT2D eigenvalue weighted by Crippen LogP contribution is -2.04. The number of nitriles is 1. The first kappa shape index (κ1) is 22.7. The fourth-order valence-electron chi connectivity index (χ4n) is 3.23. The number of methoxy groups -OCH3 is 1. The molecular weight excluding hydrogens is 461 g/mol. The number of aryl methyl sites for hydroxylation is 2. The highest BCUT2D eigenvalue weighted by Gasteiger charge is 2.25. The summed E-state index contributed by atoms with van der Waals surface area (Å²) < 4.78 is 22.1. The number of nitrogens with one attached hydrogen (secondary N) is 2. The average molecular weight is 482 g/mol. The number of nitrogens with zero attached hydrogens (tertiary/aromatic N) is 5. The molecule has 3 aromatic heterocycles. The Morgan fingerprint density at radius 2 is 2.12 bits per heavy atom. The maximum absolute atomic E-state index is 14.8. The van der Waals surface area contributed by atoms with Crippen LogP contribution < -0.4 is 10.1 Å². The number of aromatic amines is 1. The Morgan fingerprint density at radius 1 is 1.30 bits per heavy atom. The van der Waals surface area contributed by atoms with Crippen LogP contribution >= 0.6 is 23.5 Å². The Bertz CT molecular complexity index is 1360. The van der Waals surface area contributed by atoms with Gasteiger partial charge in [-0.1, -0.05) is 11.8 Å². The number of ether oxygens (including phenoxy) is 1. The van der Waals surface area contributed by atoms with Crippen molar-refractivity contribution in [2.24, 2.45) is 7.05 Å². The first-order valence-corrected chi connectivity index (χ1v) is 11.8. The molecule has 33 heavy (non-hydrogen) atoms. The van der Waals surface area contributed by atoms with Crippen molar-refractivity contribution >= 4 is 35.2 Å². The molecule has 0 aliphatic carbocycles. The zero-order valence-corrected chi connectivity index (χ0v) is 19.9. The number of thioether (sulfide) groups is 1. The summed E-state index contributed by atoms with van der Waals surface area (Å²) in [5, 5.41) is 24.9. The van der Waals surface area contributed by atoms with Gasteiger partial charge in [-0.05, 0) is 31.4 Å². The van der Waals surface area contributed by atoms with Crippen LogP contribution in [0.4, 0.5) is 16.0 Å². The summed E-state index contributed by atoms with van der Waals surface area (Å²) >= 11 is 2.54. The van der Waals surface area contributed by atoms with Crippen LogP contribution in [0.25, 0.3) is 11.1 Å². The van der Waals surface area contributed by atoms with Gasteiger partial charge in [0.15, 0.2) is 17.4 Å². The van der Waals surface area contributed by atoms with Crippen molar-refractivity contribution in [3.8, 4) is 22.9 Å². The molecule has 4 rings (SSSR count). The van der Waals surface area contributed by atoms with Crippen molar-refractivity contribution in [2.75, 3.05) is 18.7 Å². The molecule has 0 bridgehead atoms. The van der Waals surface area contributed by atoms with Gasteiger partial charge in [0.05, 0.1) is 24.4 Å². The number of H-pyrrole nitrogens is 1. The fraction of sp³-hybridized carbons (Fsp3) is 0.182. The van der Waals surface area contributed by atoms with Crippen molar-refractivity contribution in [3.05, 3.63) is 53.7 Å². The van der Waals surface area contributed by atoms with E-state index in [9.17, 15) is 9.65 Å². The summed E-state index contributed by atoms with van der Waals surface area (Å²) in [6, 6.07) is 9.03. The van der Waals surface area contributed by atoms with E-state index in [0.717, 1.165) is 22.4 Å². The SMILES string of the molecule is COc1c(Nc2cc(C)[nH]n2)nc(Sc2ccc(SC)cc2F)c(C#N)c1-c1cnn(C)c1. The quantitative estimate of drug-likeness (QED) is 0.349. The molecule has 0 aliphatic rings. The van der Waals surface area contributed by atoms with Crippen LogP contribution in [-0.2, 0) is 7.05 Å². The zero-order valence-electron chi connectivity index (χ0n) is 18.3. The summed E-state index contributed by atoms with van der Waals surface area (Å²) in [5.41, 5.74) is 2.32. The molecule has 0 aliphatic heterocycles. The van der Waals surface area contributed by atoms with Crippen LogP contribution in [0.1, 0.15) is 11.3 Å². The molecule has 2 N–H and O–H groups in total. The third-order valence-electron chi connectivity index (χ3n) is 4.73. The van der Waals surface area contributed by atoms with Gasteiger partial charge in [-0.3, -0.25) is 9.78 Å². The molecule has 3 heterocycles. The topological polar surface area (TPSA) is 104 Å². The monoisotopic (exact) mass is 481 g/mol. The maximum atomic E-state index is 14.8. The molecule has 11 heteroatoms. The van der Waals surface area contributed by atoms with Gasteiger partial charge in [0.2, 0.25) is 0 Å². The third kappa shape index (κ3) is 4.67. The van der Waals surface area contributed by atoms with Gasteiger partial charge in [0.1, 0.15) is 16.9 Å². The summed E-state index contributed by atoms with van der Waals surface area (Å²) in [7, 11) is 3.29. The van der Waals surface area contributed by atoms with Gasteiger partial charge < -0.3 is 10.1 Å². The van der Waals surface area contributed by atoms with Crippen molar-refractivity contribution in [2.45, 2.75) is 21.7 Å². The molecular formula is C22H20FN7OS2. The second kappa shape index (κ2) is 9.56. The van der Waals surface area contributed by atoms with E-state index in [1.165, 1.54) is 24.9 Å². The Morgan fingerprint density at radius 3 is 2.70 bits per heavy atom. The number of anilines is 2. The van der Waals surface area contributed by atoms with Gasteiger partial charge in [0.25, 0.3) is 0 Å². The van der Waals surface area contributed by atoms with Gasteiger partial charge in [-0.25, -0.2) is 9.37 Å². The summed E-state index contributed by atoms with van der Waals surface area (Å²) in [5.74, 6) is 0.869. The maximum Gasteiger partial charge on any atom is 0.176 e. The van der Waals surface area contributed by atoms with Crippen LogP contribution in [0.15, 0.2) is 51.5 Å². The molecule has 0 saturated heterocycles. The first-order chi connectivity index (χ1) is 15.9. The van der Waals surface area contributed by atoms with Gasteiger partial charge >= 0.3 is 0 Å². The molecule has 0 spiro atoms. The summed E-state index contributed by atoms with van der Waals surface area (Å²) in [6.45, 7) is 1.88. The Kier molecular flexibility index (Phi) is 6.57. The van der Waals surface area contributed by atoms with Crippen LogP contribution in [0.2, 0.25) is 0 Å². The normalized spacial score (nSPS) is 10.8. The molecule has 1 aromatic carbocycles. The standard InChI is InChI=1S/C22H20FN7OS2/c1-12-7-18(29-28-12)26-21-20(31-3)19(13-10-25-30(2)11-13)15(9-24)22(27-21)33-17-6-5-14(32-4)8-16(17)23/h5-8,10-11H,1-4H3,(H2,26,27,28,29). The lowest BCUT2D eigenvalue weighted by Gasteiger charge is -2.17.